The van der Waals surface area contributed by atoms with Crippen LogP contribution in [0.4, 0.5) is 0 Å². The molecule has 2 aromatic rings. The summed E-state index contributed by atoms with van der Waals surface area (Å²) >= 11 is 1.44. The summed E-state index contributed by atoms with van der Waals surface area (Å²) in [5, 5.41) is 12.3. The zero-order valence-corrected chi connectivity index (χ0v) is 13.0. The second-order valence-corrected chi connectivity index (χ2v) is 6.27. The number of aliphatic hydroxyl groups excluding tert-OH is 1. The Morgan fingerprint density at radius 3 is 2.91 bits per heavy atom. The minimum atomic E-state index is -1.26. The van der Waals surface area contributed by atoms with Crippen LogP contribution in [-0.4, -0.2) is 40.0 Å². The number of rotatable bonds is 2. The Hall–Kier alpha value is -2.25. The maximum atomic E-state index is 12.1. The molecule has 7 heteroatoms. The van der Waals surface area contributed by atoms with Crippen LogP contribution in [0.15, 0.2) is 41.0 Å². The highest BCUT2D eigenvalue weighted by molar-refractivity contribution is 7.10. The second kappa shape index (κ2) is 5.19. The molecule has 3 rings (SSSR count). The second-order valence-electron chi connectivity index (χ2n) is 5.36. The minimum absolute atomic E-state index is 0.106. The fraction of sp³-hybridized carbons (Fsp3) is 0.267. The highest BCUT2D eigenvalue weighted by Crippen LogP contribution is 2.39. The number of aliphatic hydroxyl groups is 1. The van der Waals surface area contributed by atoms with Crippen LogP contribution in [0.3, 0.4) is 0 Å². The number of thiophene rings is 1. The smallest absolute Gasteiger partial charge is 0.260 e. The first-order valence-electron chi connectivity index (χ1n) is 6.74. The van der Waals surface area contributed by atoms with Crippen molar-refractivity contribution < 1.29 is 9.90 Å². The molecule has 3 heterocycles. The summed E-state index contributed by atoms with van der Waals surface area (Å²) < 4.78 is 0. The zero-order chi connectivity index (χ0) is 15.9. The van der Waals surface area contributed by atoms with Crippen molar-refractivity contribution in [2.45, 2.75) is 18.6 Å². The number of likely N-dealkylation sites (N-methyl/N-ethyl adjacent to an activating group) is 1. The van der Waals surface area contributed by atoms with Gasteiger partial charge in [-0.15, -0.1) is 11.3 Å². The summed E-state index contributed by atoms with van der Waals surface area (Å²) in [5.41, 5.74) is 6.68. The lowest BCUT2D eigenvalue weighted by Crippen LogP contribution is -2.56. The molecule has 1 amide bonds. The van der Waals surface area contributed by atoms with Gasteiger partial charge in [-0.05, 0) is 30.0 Å². The summed E-state index contributed by atoms with van der Waals surface area (Å²) in [6, 6.07) is 5.73. The number of guanidine groups is 1. The van der Waals surface area contributed by atoms with Crippen LogP contribution in [0, 0.1) is 0 Å². The maximum Gasteiger partial charge on any atom is 0.260 e. The summed E-state index contributed by atoms with van der Waals surface area (Å²) in [6.45, 7) is 1.72. The summed E-state index contributed by atoms with van der Waals surface area (Å²) in [5.74, 6) is -0.347. The lowest BCUT2D eigenvalue weighted by molar-refractivity contribution is -0.140. The number of hydrogen-bond acceptors (Lipinski definition) is 6. The van der Waals surface area contributed by atoms with Gasteiger partial charge in [0, 0.05) is 29.9 Å². The van der Waals surface area contributed by atoms with Crippen LogP contribution < -0.4 is 5.73 Å². The first-order valence-corrected chi connectivity index (χ1v) is 7.62. The molecule has 2 atom stereocenters. The van der Waals surface area contributed by atoms with Gasteiger partial charge in [-0.1, -0.05) is 6.07 Å². The van der Waals surface area contributed by atoms with Gasteiger partial charge in [0.25, 0.3) is 5.91 Å². The Morgan fingerprint density at radius 2 is 2.23 bits per heavy atom. The quantitative estimate of drug-likeness (QED) is 0.870. The van der Waals surface area contributed by atoms with Gasteiger partial charge in [0.2, 0.25) is 0 Å². The molecule has 114 valence electrons. The van der Waals surface area contributed by atoms with Crippen LogP contribution in [0.2, 0.25) is 0 Å². The van der Waals surface area contributed by atoms with Crippen molar-refractivity contribution in [2.24, 2.45) is 10.7 Å². The van der Waals surface area contributed by atoms with Gasteiger partial charge in [-0.3, -0.25) is 14.7 Å². The summed E-state index contributed by atoms with van der Waals surface area (Å²) in [6.07, 6.45) is 2.22. The molecule has 0 fully saturated rings. The van der Waals surface area contributed by atoms with Crippen molar-refractivity contribution in [3.8, 4) is 11.1 Å². The summed E-state index contributed by atoms with van der Waals surface area (Å²) in [7, 11) is 1.50. The van der Waals surface area contributed by atoms with Gasteiger partial charge in [-0.2, -0.15) is 0 Å². The number of nitrogens with two attached hydrogens (primary N) is 1. The SMILES string of the molecule is CN1C(=O)[C@H](O)[C@@](C)(c2cc(-c3cccnc3)cs2)N=C1N. The number of pyridine rings is 1. The Labute approximate surface area is 131 Å². The number of hydrogen-bond donors (Lipinski definition) is 2. The van der Waals surface area contributed by atoms with Crippen molar-refractivity contribution in [1.29, 1.82) is 0 Å². The van der Waals surface area contributed by atoms with E-state index in [0.717, 1.165) is 16.0 Å². The third-order valence-electron chi connectivity index (χ3n) is 3.88. The predicted octanol–water partition coefficient (Wildman–Crippen LogP) is 1.17. The van der Waals surface area contributed by atoms with E-state index in [1.807, 2.05) is 23.6 Å². The van der Waals surface area contributed by atoms with Crippen LogP contribution in [0.5, 0.6) is 0 Å². The molecule has 0 aliphatic carbocycles. The van der Waals surface area contributed by atoms with Crippen LogP contribution in [0.1, 0.15) is 11.8 Å². The normalized spacial score (nSPS) is 25.2. The molecule has 0 saturated carbocycles. The molecule has 22 heavy (non-hydrogen) atoms. The van der Waals surface area contributed by atoms with E-state index < -0.39 is 17.6 Å². The predicted molar refractivity (Wildman–Crippen MR) is 85.3 cm³/mol. The number of amides is 1. The number of carbonyl (C=O) groups is 1. The average molecular weight is 316 g/mol. The fourth-order valence-corrected chi connectivity index (χ4v) is 3.44. The largest absolute Gasteiger partial charge is 0.380 e. The molecule has 0 radical (unpaired) electrons. The Bertz CT molecular complexity index is 743. The van der Waals surface area contributed by atoms with Gasteiger partial charge in [0.1, 0.15) is 5.54 Å². The van der Waals surface area contributed by atoms with Crippen molar-refractivity contribution >= 4 is 23.2 Å². The molecule has 6 nitrogen and oxygen atoms in total. The lowest BCUT2D eigenvalue weighted by Gasteiger charge is -2.36. The minimum Gasteiger partial charge on any atom is -0.380 e. The fourth-order valence-electron chi connectivity index (χ4n) is 2.39. The molecule has 1 aliphatic heterocycles. The third kappa shape index (κ3) is 2.18. The molecule has 0 unspecified atom stereocenters. The van der Waals surface area contributed by atoms with E-state index in [-0.39, 0.29) is 5.96 Å². The first-order chi connectivity index (χ1) is 10.4. The zero-order valence-electron chi connectivity index (χ0n) is 12.2. The highest BCUT2D eigenvalue weighted by atomic mass is 32.1. The molecule has 0 bridgehead atoms. The first kappa shape index (κ1) is 14.7. The standard InChI is InChI=1S/C15H16N4O2S/c1-15(12(20)13(21)19(2)14(16)18-15)11-6-10(8-22-11)9-4-3-5-17-7-9/h3-8,12,20H,1-2H3,(H2,16,18)/t12-,15+/m0/s1. The number of nitrogens with zero attached hydrogens (tertiary/aromatic N) is 3. The van der Waals surface area contributed by atoms with Gasteiger partial charge < -0.3 is 10.8 Å². The maximum absolute atomic E-state index is 12.1. The van der Waals surface area contributed by atoms with Crippen LogP contribution in [-0.2, 0) is 10.3 Å². The topological polar surface area (TPSA) is 91.8 Å². The van der Waals surface area contributed by atoms with E-state index in [2.05, 4.69) is 9.98 Å². The van der Waals surface area contributed by atoms with Gasteiger partial charge >= 0.3 is 0 Å². The lowest BCUT2D eigenvalue weighted by atomic mass is 9.90. The molecule has 3 N–H and O–H groups in total. The van der Waals surface area contributed by atoms with E-state index in [1.165, 1.54) is 23.3 Å². The van der Waals surface area contributed by atoms with Crippen molar-refractivity contribution in [1.82, 2.24) is 9.88 Å². The van der Waals surface area contributed by atoms with Gasteiger partial charge in [0.05, 0.1) is 0 Å². The molecular formula is C15H16N4O2S. The third-order valence-corrected chi connectivity index (χ3v) is 5.04. The monoisotopic (exact) mass is 316 g/mol. The summed E-state index contributed by atoms with van der Waals surface area (Å²) in [4.78, 5) is 22.5. The van der Waals surface area contributed by atoms with Crippen LogP contribution in [0.25, 0.3) is 11.1 Å². The Morgan fingerprint density at radius 1 is 1.45 bits per heavy atom. The molecule has 0 spiro atoms. The average Bonchev–Trinajstić information content (AvgIpc) is 3.02. The number of aromatic nitrogens is 1. The van der Waals surface area contributed by atoms with Crippen molar-refractivity contribution in [3.63, 3.8) is 0 Å². The van der Waals surface area contributed by atoms with E-state index >= 15 is 0 Å². The van der Waals surface area contributed by atoms with Gasteiger partial charge in [0.15, 0.2) is 12.1 Å². The van der Waals surface area contributed by atoms with E-state index in [1.54, 1.807) is 19.3 Å². The van der Waals surface area contributed by atoms with Crippen molar-refractivity contribution in [2.75, 3.05) is 7.05 Å². The van der Waals surface area contributed by atoms with Crippen molar-refractivity contribution in [3.05, 3.63) is 40.8 Å². The Balaban J connectivity index is 2.04. The Kier molecular flexibility index (Phi) is 3.46. The molecule has 2 aromatic heterocycles. The molecular weight excluding hydrogens is 300 g/mol. The van der Waals surface area contributed by atoms with Gasteiger partial charge in [-0.25, -0.2) is 4.99 Å². The molecule has 1 aliphatic rings. The number of aliphatic imine (C=N–C) groups is 1. The molecule has 0 aromatic carbocycles. The number of carbonyl (C=O) groups excluding carboxylic acids is 1. The van der Waals surface area contributed by atoms with E-state index in [4.69, 9.17) is 5.73 Å². The van der Waals surface area contributed by atoms with E-state index in [0.29, 0.717) is 0 Å². The highest BCUT2D eigenvalue weighted by Gasteiger charge is 2.46. The molecule has 0 saturated heterocycles. The van der Waals surface area contributed by atoms with E-state index in [9.17, 15) is 9.90 Å². The van der Waals surface area contributed by atoms with Crippen LogP contribution >= 0.6 is 11.3 Å².